The summed E-state index contributed by atoms with van der Waals surface area (Å²) in [5.41, 5.74) is 1.23. The summed E-state index contributed by atoms with van der Waals surface area (Å²) in [4.78, 5) is 15.3. The second kappa shape index (κ2) is 3.67. The highest BCUT2D eigenvalue weighted by atomic mass is 79.9. The van der Waals surface area contributed by atoms with Crippen LogP contribution in [0.2, 0.25) is 0 Å². The van der Waals surface area contributed by atoms with Crippen LogP contribution in [0.1, 0.15) is 10.4 Å². The molecule has 0 fully saturated rings. The highest BCUT2D eigenvalue weighted by Crippen LogP contribution is 2.25. The monoisotopic (exact) mass is 269 g/mol. The number of fused-ring (bicyclic) bond motifs is 1. The molecule has 0 N–H and O–H groups in total. The number of carbonyl (C=O) groups excluding carboxylic acids is 1. The molecule has 0 saturated heterocycles. The fourth-order valence-electron chi connectivity index (χ4n) is 1.31. The van der Waals surface area contributed by atoms with Crippen molar-refractivity contribution in [3.63, 3.8) is 0 Å². The smallest absolute Gasteiger partial charge is 0.253 e. The Hall–Kier alpha value is -0.930. The van der Waals surface area contributed by atoms with Crippen LogP contribution in [0.25, 0.3) is 10.9 Å². The van der Waals surface area contributed by atoms with Crippen molar-refractivity contribution in [1.29, 1.82) is 0 Å². The first-order valence-electron chi connectivity index (χ1n) is 3.93. The van der Waals surface area contributed by atoms with Crippen LogP contribution in [0.15, 0.2) is 34.9 Å². The maximum atomic E-state index is 11.1. The molecule has 0 amide bonds. The molecule has 1 aromatic heterocycles. The third kappa shape index (κ3) is 1.53. The van der Waals surface area contributed by atoms with E-state index in [9.17, 15) is 4.79 Å². The minimum Gasteiger partial charge on any atom is -0.276 e. The molecule has 0 atom stereocenters. The molecule has 70 valence electrons. The van der Waals surface area contributed by atoms with Gasteiger partial charge in [0.2, 0.25) is 0 Å². The number of hydrogen-bond donors (Lipinski definition) is 0. The van der Waals surface area contributed by atoms with E-state index in [0.29, 0.717) is 5.56 Å². The molecule has 0 radical (unpaired) electrons. The minimum atomic E-state index is -0.462. The van der Waals surface area contributed by atoms with Gasteiger partial charge in [-0.25, -0.2) is 0 Å². The summed E-state index contributed by atoms with van der Waals surface area (Å²) in [6, 6.07) is 7.05. The molecule has 0 unspecified atom stereocenters. The molecule has 0 spiro atoms. The summed E-state index contributed by atoms with van der Waals surface area (Å²) >= 11 is 8.82. The zero-order valence-electron chi connectivity index (χ0n) is 7.00. The molecule has 2 rings (SSSR count). The molecule has 4 heteroatoms. The van der Waals surface area contributed by atoms with E-state index in [2.05, 4.69) is 20.9 Å². The van der Waals surface area contributed by atoms with Gasteiger partial charge in [-0.05, 0) is 45.7 Å². The molecule has 0 aliphatic carbocycles. The summed E-state index contributed by atoms with van der Waals surface area (Å²) in [6.45, 7) is 0. The first-order chi connectivity index (χ1) is 6.70. The normalized spacial score (nSPS) is 10.4. The van der Waals surface area contributed by atoms with E-state index < -0.39 is 5.24 Å². The van der Waals surface area contributed by atoms with Gasteiger partial charge in [-0.1, -0.05) is 6.07 Å². The first-order valence-corrected chi connectivity index (χ1v) is 5.10. The summed E-state index contributed by atoms with van der Waals surface area (Å²) in [5, 5.41) is 0.303. The Labute approximate surface area is 94.0 Å². The van der Waals surface area contributed by atoms with Crippen molar-refractivity contribution in [2.45, 2.75) is 0 Å². The lowest BCUT2D eigenvalue weighted by Gasteiger charge is -2.02. The molecule has 1 heterocycles. The fraction of sp³-hybridized carbons (Fsp3) is 0. The number of rotatable bonds is 1. The zero-order chi connectivity index (χ0) is 10.1. The lowest BCUT2D eigenvalue weighted by molar-refractivity contribution is 0.108. The van der Waals surface area contributed by atoms with Crippen molar-refractivity contribution in [3.05, 3.63) is 40.5 Å². The van der Waals surface area contributed by atoms with Crippen molar-refractivity contribution in [2.24, 2.45) is 0 Å². The van der Waals surface area contributed by atoms with E-state index in [-0.39, 0.29) is 0 Å². The largest absolute Gasteiger partial charge is 0.276 e. The van der Waals surface area contributed by atoms with Gasteiger partial charge in [0.25, 0.3) is 5.24 Å². The molecule has 1 aromatic carbocycles. The average Bonchev–Trinajstić information content (AvgIpc) is 2.18. The van der Waals surface area contributed by atoms with Crippen molar-refractivity contribution in [1.82, 2.24) is 4.98 Å². The Balaban J connectivity index is 2.88. The predicted octanol–water partition coefficient (Wildman–Crippen LogP) is 3.38. The zero-order valence-corrected chi connectivity index (χ0v) is 9.34. The third-order valence-electron chi connectivity index (χ3n) is 1.93. The van der Waals surface area contributed by atoms with Crippen molar-refractivity contribution in [2.75, 3.05) is 0 Å². The molecule has 0 saturated carbocycles. The number of carbonyl (C=O) groups is 1. The van der Waals surface area contributed by atoms with E-state index in [0.717, 1.165) is 15.4 Å². The Morgan fingerprint density at radius 2 is 2.14 bits per heavy atom. The summed E-state index contributed by atoms with van der Waals surface area (Å²) < 4.78 is 0.856. The molecule has 0 bridgehead atoms. The number of aromatic nitrogens is 1. The van der Waals surface area contributed by atoms with Gasteiger partial charge < -0.3 is 0 Å². The van der Waals surface area contributed by atoms with Crippen LogP contribution in [0.4, 0.5) is 0 Å². The summed E-state index contributed by atoms with van der Waals surface area (Å²) in [5.74, 6) is 0. The average molecular weight is 271 g/mol. The van der Waals surface area contributed by atoms with Gasteiger partial charge in [0.05, 0.1) is 5.52 Å². The lowest BCUT2D eigenvalue weighted by atomic mass is 10.1. The number of hydrogen-bond acceptors (Lipinski definition) is 2. The summed E-state index contributed by atoms with van der Waals surface area (Å²) in [7, 11) is 0. The van der Waals surface area contributed by atoms with Gasteiger partial charge in [0.15, 0.2) is 0 Å². The van der Waals surface area contributed by atoms with Crippen LogP contribution in [0.3, 0.4) is 0 Å². The highest BCUT2D eigenvalue weighted by Gasteiger charge is 2.09. The van der Waals surface area contributed by atoms with Crippen LogP contribution >= 0.6 is 27.5 Å². The topological polar surface area (TPSA) is 30.0 Å². The second-order valence-electron chi connectivity index (χ2n) is 2.77. The van der Waals surface area contributed by atoms with Gasteiger partial charge >= 0.3 is 0 Å². The number of pyridine rings is 1. The molecule has 2 aromatic rings. The maximum absolute atomic E-state index is 11.1. The fourth-order valence-corrected chi connectivity index (χ4v) is 1.92. The van der Waals surface area contributed by atoms with E-state index in [4.69, 9.17) is 11.6 Å². The van der Waals surface area contributed by atoms with Crippen LogP contribution < -0.4 is 0 Å². The van der Waals surface area contributed by atoms with E-state index in [1.807, 2.05) is 6.07 Å². The van der Waals surface area contributed by atoms with Gasteiger partial charge in [0, 0.05) is 21.6 Å². The lowest BCUT2D eigenvalue weighted by Crippen LogP contribution is -1.92. The van der Waals surface area contributed by atoms with Crippen molar-refractivity contribution >= 4 is 43.7 Å². The third-order valence-corrected chi connectivity index (χ3v) is 2.78. The van der Waals surface area contributed by atoms with Gasteiger partial charge in [0.1, 0.15) is 0 Å². The highest BCUT2D eigenvalue weighted by molar-refractivity contribution is 9.10. The molecule has 2 nitrogen and oxygen atoms in total. The van der Waals surface area contributed by atoms with E-state index in [1.54, 1.807) is 24.4 Å². The van der Waals surface area contributed by atoms with Crippen LogP contribution in [0, 0.1) is 0 Å². The molecule has 0 aliphatic heterocycles. The Bertz CT molecular complexity index is 512. The number of benzene rings is 1. The number of halogens is 2. The van der Waals surface area contributed by atoms with Crippen LogP contribution in [0.5, 0.6) is 0 Å². The standard InChI is InChI=1S/C10H5BrClNO/c11-8-4-3-7(10(12)14)6-2-1-5-13-9(6)8/h1-5H. The van der Waals surface area contributed by atoms with Crippen molar-refractivity contribution in [3.8, 4) is 0 Å². The molecular formula is C10H5BrClNO. The quantitative estimate of drug-likeness (QED) is 0.744. The second-order valence-corrected chi connectivity index (χ2v) is 3.97. The predicted molar refractivity (Wildman–Crippen MR) is 59.6 cm³/mol. The molecular weight excluding hydrogens is 265 g/mol. The van der Waals surface area contributed by atoms with Crippen LogP contribution in [-0.2, 0) is 0 Å². The van der Waals surface area contributed by atoms with E-state index >= 15 is 0 Å². The number of nitrogens with zero attached hydrogens (tertiary/aromatic N) is 1. The van der Waals surface area contributed by atoms with Crippen molar-refractivity contribution < 1.29 is 4.79 Å². The molecule has 0 aliphatic rings. The van der Waals surface area contributed by atoms with Gasteiger partial charge in [-0.2, -0.15) is 0 Å². The Kier molecular flexibility index (Phi) is 2.52. The Morgan fingerprint density at radius 3 is 2.86 bits per heavy atom. The minimum absolute atomic E-state index is 0.462. The maximum Gasteiger partial charge on any atom is 0.253 e. The SMILES string of the molecule is O=C(Cl)c1ccc(Br)c2ncccc12. The summed E-state index contributed by atoms with van der Waals surface area (Å²) in [6.07, 6.45) is 1.68. The Morgan fingerprint density at radius 1 is 1.36 bits per heavy atom. The first kappa shape index (κ1) is 9.62. The van der Waals surface area contributed by atoms with Gasteiger partial charge in [-0.15, -0.1) is 0 Å². The van der Waals surface area contributed by atoms with Crippen LogP contribution in [-0.4, -0.2) is 10.2 Å². The van der Waals surface area contributed by atoms with Gasteiger partial charge in [-0.3, -0.25) is 9.78 Å². The molecule has 14 heavy (non-hydrogen) atoms. The van der Waals surface area contributed by atoms with E-state index in [1.165, 1.54) is 0 Å².